The molecule has 0 N–H and O–H groups in total. The van der Waals surface area contributed by atoms with Gasteiger partial charge in [0.15, 0.2) is 6.10 Å². The lowest BCUT2D eigenvalue weighted by Gasteiger charge is -2.35. The van der Waals surface area contributed by atoms with E-state index >= 15 is 0 Å². The van der Waals surface area contributed by atoms with Crippen molar-refractivity contribution < 1.29 is 32.2 Å². The Morgan fingerprint density at radius 2 is 1.74 bits per heavy atom. The molecule has 31 heavy (non-hydrogen) atoms. The second-order valence-electron chi connectivity index (χ2n) is 8.88. The smallest absolute Gasteiger partial charge is 0.419 e. The van der Waals surface area contributed by atoms with E-state index < -0.39 is 29.5 Å². The first kappa shape index (κ1) is 24.8. The van der Waals surface area contributed by atoms with Gasteiger partial charge in [-0.3, -0.25) is 4.79 Å². The molecule has 0 radical (unpaired) electrons. The number of alkyl halides is 3. The SMILES string of the molecule is CC(Oc1ccccc1C(F)(F)F)C(=O)N1CCC(CN(C)C(=O)OC(C)(C)C)CC1. The summed E-state index contributed by atoms with van der Waals surface area (Å²) in [7, 11) is 1.68. The van der Waals surface area contributed by atoms with Crippen LogP contribution in [-0.4, -0.2) is 60.2 Å². The molecule has 0 aliphatic carbocycles. The minimum atomic E-state index is -4.56. The third-order valence-electron chi connectivity index (χ3n) is 5.01. The predicted molar refractivity (Wildman–Crippen MR) is 110 cm³/mol. The van der Waals surface area contributed by atoms with Gasteiger partial charge in [0.2, 0.25) is 0 Å². The zero-order valence-electron chi connectivity index (χ0n) is 18.7. The first-order chi connectivity index (χ1) is 14.3. The van der Waals surface area contributed by atoms with Crippen molar-refractivity contribution in [3.05, 3.63) is 29.8 Å². The summed E-state index contributed by atoms with van der Waals surface area (Å²) in [4.78, 5) is 27.9. The summed E-state index contributed by atoms with van der Waals surface area (Å²) in [6, 6.07) is 4.86. The van der Waals surface area contributed by atoms with Crippen LogP contribution in [0.2, 0.25) is 0 Å². The van der Waals surface area contributed by atoms with Gasteiger partial charge in [-0.2, -0.15) is 13.2 Å². The average molecular weight is 444 g/mol. The number of piperidine rings is 1. The maximum atomic E-state index is 13.1. The van der Waals surface area contributed by atoms with Crippen molar-refractivity contribution in [1.29, 1.82) is 0 Å². The number of hydrogen-bond donors (Lipinski definition) is 0. The third kappa shape index (κ3) is 7.33. The summed E-state index contributed by atoms with van der Waals surface area (Å²) in [5.74, 6) is -0.496. The summed E-state index contributed by atoms with van der Waals surface area (Å²) in [6.45, 7) is 8.30. The monoisotopic (exact) mass is 444 g/mol. The molecule has 1 atom stereocenters. The van der Waals surface area contributed by atoms with E-state index in [0.29, 0.717) is 32.5 Å². The fourth-order valence-corrected chi connectivity index (χ4v) is 3.44. The number of ether oxygens (including phenoxy) is 2. The molecule has 0 spiro atoms. The highest BCUT2D eigenvalue weighted by molar-refractivity contribution is 5.81. The molecule has 1 unspecified atom stereocenters. The molecule has 6 nitrogen and oxygen atoms in total. The second kappa shape index (κ2) is 9.78. The van der Waals surface area contributed by atoms with Crippen LogP contribution in [0.5, 0.6) is 5.75 Å². The molecule has 0 bridgehead atoms. The van der Waals surface area contributed by atoms with Crippen LogP contribution in [0.25, 0.3) is 0 Å². The van der Waals surface area contributed by atoms with Crippen LogP contribution in [0.4, 0.5) is 18.0 Å². The normalized spacial score (nSPS) is 16.6. The van der Waals surface area contributed by atoms with Gasteiger partial charge in [0.1, 0.15) is 11.4 Å². The molecular formula is C22H31F3N2O4. The Morgan fingerprint density at radius 3 is 2.29 bits per heavy atom. The largest absolute Gasteiger partial charge is 0.480 e. The van der Waals surface area contributed by atoms with E-state index in [0.717, 1.165) is 6.07 Å². The lowest BCUT2D eigenvalue weighted by Crippen LogP contribution is -2.46. The number of hydrogen-bond acceptors (Lipinski definition) is 4. The van der Waals surface area contributed by atoms with Crippen LogP contribution in [0.3, 0.4) is 0 Å². The van der Waals surface area contributed by atoms with E-state index in [1.54, 1.807) is 32.7 Å². The number of nitrogens with zero attached hydrogens (tertiary/aromatic N) is 2. The predicted octanol–water partition coefficient (Wildman–Crippen LogP) is 4.58. The van der Waals surface area contributed by atoms with E-state index in [4.69, 9.17) is 9.47 Å². The summed E-state index contributed by atoms with van der Waals surface area (Å²) in [6.07, 6.45) is -4.62. The quantitative estimate of drug-likeness (QED) is 0.667. The van der Waals surface area contributed by atoms with Crippen molar-refractivity contribution in [3.8, 4) is 5.75 Å². The van der Waals surface area contributed by atoms with Crippen molar-refractivity contribution in [2.45, 2.75) is 58.4 Å². The van der Waals surface area contributed by atoms with Gasteiger partial charge in [-0.05, 0) is 58.6 Å². The van der Waals surface area contributed by atoms with Gasteiger partial charge in [-0.15, -0.1) is 0 Å². The van der Waals surface area contributed by atoms with Crippen molar-refractivity contribution in [3.63, 3.8) is 0 Å². The van der Waals surface area contributed by atoms with E-state index in [1.165, 1.54) is 30.0 Å². The average Bonchev–Trinajstić information content (AvgIpc) is 2.66. The molecule has 0 aromatic heterocycles. The molecule has 1 aliphatic heterocycles. The molecule has 2 rings (SSSR count). The van der Waals surface area contributed by atoms with E-state index in [9.17, 15) is 22.8 Å². The molecule has 1 aromatic carbocycles. The van der Waals surface area contributed by atoms with Crippen LogP contribution in [-0.2, 0) is 15.7 Å². The minimum absolute atomic E-state index is 0.212. The van der Waals surface area contributed by atoms with Crippen LogP contribution < -0.4 is 4.74 Å². The van der Waals surface area contributed by atoms with Crippen molar-refractivity contribution in [2.24, 2.45) is 5.92 Å². The fourth-order valence-electron chi connectivity index (χ4n) is 3.44. The Morgan fingerprint density at radius 1 is 1.16 bits per heavy atom. The first-order valence-electron chi connectivity index (χ1n) is 10.3. The Balaban J connectivity index is 1.87. The number of carbonyl (C=O) groups is 2. The minimum Gasteiger partial charge on any atom is -0.480 e. The van der Waals surface area contributed by atoms with Crippen LogP contribution >= 0.6 is 0 Å². The van der Waals surface area contributed by atoms with Gasteiger partial charge in [0.25, 0.3) is 5.91 Å². The zero-order valence-corrected chi connectivity index (χ0v) is 18.7. The fraction of sp³-hybridized carbons (Fsp3) is 0.636. The Hall–Kier alpha value is -2.45. The molecule has 9 heteroatoms. The molecule has 1 heterocycles. The standard InChI is InChI=1S/C22H31F3N2O4/c1-15(30-18-9-7-6-8-17(18)22(23,24)25)19(28)27-12-10-16(11-13-27)14-26(5)20(29)31-21(2,3)4/h6-9,15-16H,10-14H2,1-5H3. The van der Waals surface area contributed by atoms with Crippen LogP contribution in [0.15, 0.2) is 24.3 Å². The van der Waals surface area contributed by atoms with Crippen LogP contribution in [0.1, 0.15) is 46.1 Å². The summed E-state index contributed by atoms with van der Waals surface area (Å²) in [5.41, 5.74) is -1.47. The number of halogens is 3. The molecule has 1 aliphatic rings. The molecule has 174 valence electrons. The van der Waals surface area contributed by atoms with E-state index in [-0.39, 0.29) is 17.6 Å². The number of benzene rings is 1. The molecule has 1 saturated heterocycles. The number of rotatable bonds is 5. The number of amides is 2. The molecular weight excluding hydrogens is 413 g/mol. The van der Waals surface area contributed by atoms with Gasteiger partial charge >= 0.3 is 12.3 Å². The Bertz CT molecular complexity index is 769. The van der Waals surface area contributed by atoms with Crippen LogP contribution in [0, 0.1) is 5.92 Å². The van der Waals surface area contributed by atoms with E-state index in [2.05, 4.69) is 0 Å². The van der Waals surface area contributed by atoms with Crippen molar-refractivity contribution >= 4 is 12.0 Å². The lowest BCUT2D eigenvalue weighted by molar-refractivity contribution is -0.144. The van der Waals surface area contributed by atoms with Crippen molar-refractivity contribution in [2.75, 3.05) is 26.7 Å². The maximum absolute atomic E-state index is 13.1. The zero-order chi connectivity index (χ0) is 23.4. The molecule has 1 fully saturated rings. The lowest BCUT2D eigenvalue weighted by atomic mass is 9.96. The topological polar surface area (TPSA) is 59.1 Å². The highest BCUT2D eigenvalue weighted by Crippen LogP contribution is 2.36. The molecule has 2 amide bonds. The Kier molecular flexibility index (Phi) is 7.83. The summed E-state index contributed by atoms with van der Waals surface area (Å²) < 4.78 is 50.1. The first-order valence-corrected chi connectivity index (χ1v) is 10.3. The highest BCUT2D eigenvalue weighted by atomic mass is 19.4. The van der Waals surface area contributed by atoms with Gasteiger partial charge in [-0.25, -0.2) is 4.79 Å². The summed E-state index contributed by atoms with van der Waals surface area (Å²) in [5, 5.41) is 0. The summed E-state index contributed by atoms with van der Waals surface area (Å²) >= 11 is 0. The molecule has 0 saturated carbocycles. The van der Waals surface area contributed by atoms with Gasteiger partial charge < -0.3 is 19.3 Å². The van der Waals surface area contributed by atoms with Crippen molar-refractivity contribution in [1.82, 2.24) is 9.80 Å². The number of para-hydroxylation sites is 1. The Labute approximate surface area is 181 Å². The number of carbonyl (C=O) groups excluding carboxylic acids is 2. The third-order valence-corrected chi connectivity index (χ3v) is 5.01. The maximum Gasteiger partial charge on any atom is 0.419 e. The van der Waals surface area contributed by atoms with Gasteiger partial charge in [-0.1, -0.05) is 12.1 Å². The molecule has 1 aromatic rings. The highest BCUT2D eigenvalue weighted by Gasteiger charge is 2.35. The van der Waals surface area contributed by atoms with E-state index in [1.807, 2.05) is 0 Å². The van der Waals surface area contributed by atoms with Gasteiger partial charge in [0.05, 0.1) is 5.56 Å². The van der Waals surface area contributed by atoms with Gasteiger partial charge in [0, 0.05) is 26.7 Å². The number of likely N-dealkylation sites (tertiary alicyclic amines) is 1. The second-order valence-corrected chi connectivity index (χ2v) is 8.88.